The Hall–Kier alpha value is -1.35. The SMILES string of the molecule is CCNC(=NCc1ccc(CN(CC)CC)cc1)NC1CCN(C(=O)CC)C1.I. The lowest BCUT2D eigenvalue weighted by Crippen LogP contribution is -2.45. The first-order valence-corrected chi connectivity index (χ1v) is 10.7. The van der Waals surface area contributed by atoms with Gasteiger partial charge >= 0.3 is 0 Å². The van der Waals surface area contributed by atoms with Crippen molar-refractivity contribution in [2.75, 3.05) is 32.7 Å². The third kappa shape index (κ3) is 8.50. The molecule has 1 aromatic carbocycles. The zero-order chi connectivity index (χ0) is 20.4. The van der Waals surface area contributed by atoms with Gasteiger partial charge in [0.05, 0.1) is 6.54 Å². The molecule has 1 amide bonds. The molecule has 0 saturated carbocycles. The summed E-state index contributed by atoms with van der Waals surface area (Å²) in [5.74, 6) is 1.06. The van der Waals surface area contributed by atoms with Crippen LogP contribution in [-0.4, -0.2) is 60.4 Å². The Bertz CT molecular complexity index is 631. The van der Waals surface area contributed by atoms with Crippen LogP contribution in [-0.2, 0) is 17.9 Å². The molecule has 0 spiro atoms. The topological polar surface area (TPSA) is 60.0 Å². The first-order valence-electron chi connectivity index (χ1n) is 10.7. The van der Waals surface area contributed by atoms with E-state index in [-0.39, 0.29) is 35.9 Å². The molecule has 164 valence electrons. The van der Waals surface area contributed by atoms with Crippen LogP contribution >= 0.6 is 24.0 Å². The van der Waals surface area contributed by atoms with Gasteiger partial charge in [-0.3, -0.25) is 9.69 Å². The number of rotatable bonds is 9. The normalized spacial score (nSPS) is 16.7. The molecular weight excluding hydrogens is 477 g/mol. The highest BCUT2D eigenvalue weighted by molar-refractivity contribution is 14.0. The minimum atomic E-state index is 0. The summed E-state index contributed by atoms with van der Waals surface area (Å²) in [5, 5.41) is 6.81. The third-order valence-corrected chi connectivity index (χ3v) is 5.27. The van der Waals surface area contributed by atoms with Gasteiger partial charge in [0.15, 0.2) is 5.96 Å². The van der Waals surface area contributed by atoms with Crippen LogP contribution in [0, 0.1) is 0 Å². The number of nitrogens with one attached hydrogen (secondary N) is 2. The summed E-state index contributed by atoms with van der Waals surface area (Å²) in [6, 6.07) is 9.01. The average molecular weight is 515 g/mol. The number of halogens is 1. The number of aliphatic imine (C=N–C) groups is 1. The molecule has 7 heteroatoms. The molecule has 2 N–H and O–H groups in total. The highest BCUT2D eigenvalue weighted by Crippen LogP contribution is 2.11. The van der Waals surface area contributed by atoms with E-state index in [0.717, 1.165) is 51.6 Å². The second-order valence-electron chi connectivity index (χ2n) is 7.30. The molecule has 1 unspecified atom stereocenters. The van der Waals surface area contributed by atoms with Crippen LogP contribution in [0.3, 0.4) is 0 Å². The zero-order valence-electron chi connectivity index (χ0n) is 18.4. The molecule has 2 rings (SSSR count). The lowest BCUT2D eigenvalue weighted by atomic mass is 10.1. The standard InChI is InChI=1S/C22H37N5O.HI/c1-5-21(28)27-14-13-20(17-27)25-22(23-6-2)24-15-18-9-11-19(12-10-18)16-26(7-3)8-4;/h9-12,20H,5-8,13-17H2,1-4H3,(H2,23,24,25);1H. The number of carbonyl (C=O) groups excluding carboxylic acids is 1. The van der Waals surface area contributed by atoms with E-state index in [4.69, 9.17) is 4.99 Å². The van der Waals surface area contributed by atoms with Gasteiger partial charge in [0.25, 0.3) is 0 Å². The predicted octanol–water partition coefficient (Wildman–Crippen LogP) is 3.21. The average Bonchev–Trinajstić information content (AvgIpc) is 3.19. The van der Waals surface area contributed by atoms with Crippen molar-refractivity contribution in [1.82, 2.24) is 20.4 Å². The van der Waals surface area contributed by atoms with Gasteiger partial charge in [0.2, 0.25) is 5.91 Å². The van der Waals surface area contributed by atoms with Crippen LogP contribution in [0.2, 0.25) is 0 Å². The summed E-state index contributed by atoms with van der Waals surface area (Å²) in [6.07, 6.45) is 1.54. The first-order chi connectivity index (χ1) is 13.6. The van der Waals surface area contributed by atoms with E-state index in [1.165, 1.54) is 11.1 Å². The number of guanidine groups is 1. The number of carbonyl (C=O) groups is 1. The van der Waals surface area contributed by atoms with Crippen molar-refractivity contribution in [2.45, 2.75) is 59.7 Å². The van der Waals surface area contributed by atoms with E-state index < -0.39 is 0 Å². The fourth-order valence-corrected chi connectivity index (χ4v) is 3.47. The van der Waals surface area contributed by atoms with E-state index in [1.54, 1.807) is 0 Å². The lowest BCUT2D eigenvalue weighted by Gasteiger charge is -2.19. The highest BCUT2D eigenvalue weighted by atomic mass is 127. The van der Waals surface area contributed by atoms with Crippen molar-refractivity contribution in [3.8, 4) is 0 Å². The van der Waals surface area contributed by atoms with Crippen LogP contribution in [0.15, 0.2) is 29.3 Å². The molecule has 1 aliphatic rings. The van der Waals surface area contributed by atoms with Crippen molar-refractivity contribution in [3.63, 3.8) is 0 Å². The molecule has 6 nitrogen and oxygen atoms in total. The molecular formula is C22H38IN5O. The van der Waals surface area contributed by atoms with Gasteiger partial charge in [0, 0.05) is 38.6 Å². The summed E-state index contributed by atoms with van der Waals surface area (Å²) >= 11 is 0. The molecule has 1 aliphatic heterocycles. The third-order valence-electron chi connectivity index (χ3n) is 5.27. The molecule has 1 atom stereocenters. The summed E-state index contributed by atoms with van der Waals surface area (Å²) < 4.78 is 0. The number of hydrogen-bond donors (Lipinski definition) is 2. The van der Waals surface area contributed by atoms with E-state index >= 15 is 0 Å². The molecule has 0 bridgehead atoms. The molecule has 0 radical (unpaired) electrons. The van der Waals surface area contributed by atoms with Crippen molar-refractivity contribution in [3.05, 3.63) is 35.4 Å². The van der Waals surface area contributed by atoms with Gasteiger partial charge in [-0.15, -0.1) is 24.0 Å². The van der Waals surface area contributed by atoms with Gasteiger partial charge in [-0.1, -0.05) is 45.0 Å². The molecule has 1 heterocycles. The zero-order valence-corrected chi connectivity index (χ0v) is 20.7. The predicted molar refractivity (Wildman–Crippen MR) is 132 cm³/mol. The van der Waals surface area contributed by atoms with Crippen LogP contribution < -0.4 is 10.6 Å². The number of likely N-dealkylation sites (tertiary alicyclic amines) is 1. The van der Waals surface area contributed by atoms with Crippen molar-refractivity contribution < 1.29 is 4.79 Å². The van der Waals surface area contributed by atoms with Crippen LogP contribution in [0.4, 0.5) is 0 Å². The number of nitrogens with zero attached hydrogens (tertiary/aromatic N) is 3. The minimum absolute atomic E-state index is 0. The Morgan fingerprint density at radius 3 is 2.38 bits per heavy atom. The van der Waals surface area contributed by atoms with Gasteiger partial charge in [-0.25, -0.2) is 4.99 Å². The summed E-state index contributed by atoms with van der Waals surface area (Å²) in [6.45, 7) is 14.6. The highest BCUT2D eigenvalue weighted by Gasteiger charge is 2.25. The summed E-state index contributed by atoms with van der Waals surface area (Å²) in [7, 11) is 0. The van der Waals surface area contributed by atoms with Crippen molar-refractivity contribution >= 4 is 35.8 Å². The maximum Gasteiger partial charge on any atom is 0.222 e. The van der Waals surface area contributed by atoms with Crippen LogP contribution in [0.1, 0.15) is 51.7 Å². The fourth-order valence-electron chi connectivity index (χ4n) is 3.47. The van der Waals surface area contributed by atoms with Gasteiger partial charge in [-0.2, -0.15) is 0 Å². The second-order valence-corrected chi connectivity index (χ2v) is 7.30. The molecule has 1 saturated heterocycles. The smallest absolute Gasteiger partial charge is 0.222 e. The maximum atomic E-state index is 11.9. The van der Waals surface area contributed by atoms with E-state index in [2.05, 4.69) is 60.6 Å². The molecule has 0 aromatic heterocycles. The number of amides is 1. The summed E-state index contributed by atoms with van der Waals surface area (Å²) in [4.78, 5) is 21.0. The van der Waals surface area contributed by atoms with Crippen molar-refractivity contribution in [1.29, 1.82) is 0 Å². The molecule has 29 heavy (non-hydrogen) atoms. The number of hydrogen-bond acceptors (Lipinski definition) is 3. The fraction of sp³-hybridized carbons (Fsp3) is 0.636. The lowest BCUT2D eigenvalue weighted by molar-refractivity contribution is -0.129. The van der Waals surface area contributed by atoms with E-state index in [9.17, 15) is 4.79 Å². The largest absolute Gasteiger partial charge is 0.357 e. The molecule has 0 aliphatic carbocycles. The minimum Gasteiger partial charge on any atom is -0.357 e. The Balaban J connectivity index is 0.00000420. The molecule has 1 fully saturated rings. The monoisotopic (exact) mass is 515 g/mol. The Morgan fingerprint density at radius 2 is 1.79 bits per heavy atom. The van der Waals surface area contributed by atoms with Crippen LogP contribution in [0.25, 0.3) is 0 Å². The van der Waals surface area contributed by atoms with Crippen LogP contribution in [0.5, 0.6) is 0 Å². The van der Waals surface area contributed by atoms with Gasteiger partial charge in [0.1, 0.15) is 0 Å². The van der Waals surface area contributed by atoms with Gasteiger partial charge < -0.3 is 15.5 Å². The first kappa shape index (κ1) is 25.7. The second kappa shape index (κ2) is 13.8. The Labute approximate surface area is 193 Å². The van der Waals surface area contributed by atoms with Crippen molar-refractivity contribution in [2.24, 2.45) is 4.99 Å². The number of benzene rings is 1. The summed E-state index contributed by atoms with van der Waals surface area (Å²) in [5.41, 5.74) is 2.54. The maximum absolute atomic E-state index is 11.9. The van der Waals surface area contributed by atoms with E-state index in [1.807, 2.05) is 11.8 Å². The quantitative estimate of drug-likeness (QED) is 0.301. The molecule has 1 aromatic rings. The Morgan fingerprint density at radius 1 is 1.14 bits per heavy atom. The van der Waals surface area contributed by atoms with Gasteiger partial charge in [-0.05, 0) is 37.6 Å². The van der Waals surface area contributed by atoms with E-state index in [0.29, 0.717) is 13.0 Å². The Kier molecular flexibility index (Phi) is 12.2.